The molecule has 0 saturated carbocycles. The molecule has 0 bridgehead atoms. The predicted octanol–water partition coefficient (Wildman–Crippen LogP) is 1.89. The molecule has 5 nitrogen and oxygen atoms in total. The highest BCUT2D eigenvalue weighted by molar-refractivity contribution is 4.82. The molecule has 0 aliphatic heterocycles. The van der Waals surface area contributed by atoms with Gasteiger partial charge in [-0.15, -0.1) is 0 Å². The smallest absolute Gasteiger partial charge is 0.114 e. The first kappa shape index (κ1) is 18.8. The molecule has 0 N–H and O–H groups in total. The zero-order valence-corrected chi connectivity index (χ0v) is 13.3. The van der Waals surface area contributed by atoms with E-state index in [1.54, 1.807) is 28.4 Å². The third-order valence-electron chi connectivity index (χ3n) is 3.70. The zero-order valence-electron chi connectivity index (χ0n) is 13.3. The van der Waals surface area contributed by atoms with Gasteiger partial charge in [0.15, 0.2) is 0 Å². The lowest BCUT2D eigenvalue weighted by atomic mass is 10.0. The predicted molar refractivity (Wildman–Crippen MR) is 74.6 cm³/mol. The summed E-state index contributed by atoms with van der Waals surface area (Å²) >= 11 is 0. The van der Waals surface area contributed by atoms with Gasteiger partial charge in [-0.3, -0.25) is 0 Å². The Hall–Kier alpha value is -0.200. The van der Waals surface area contributed by atoms with E-state index in [4.69, 9.17) is 23.7 Å². The molecular weight excluding hydrogens is 248 g/mol. The highest BCUT2D eigenvalue weighted by Crippen LogP contribution is 2.20. The fraction of sp³-hybridized carbons (Fsp3) is 1.00. The van der Waals surface area contributed by atoms with Gasteiger partial charge in [0, 0.05) is 28.4 Å². The van der Waals surface area contributed by atoms with Crippen LogP contribution in [0.5, 0.6) is 0 Å². The summed E-state index contributed by atoms with van der Waals surface area (Å²) in [5.74, 6) is 0. The third-order valence-corrected chi connectivity index (χ3v) is 3.70. The zero-order chi connectivity index (χ0) is 14.8. The molecule has 0 aliphatic rings. The van der Waals surface area contributed by atoms with E-state index < -0.39 is 11.2 Å². The van der Waals surface area contributed by atoms with Crippen molar-refractivity contribution in [3.8, 4) is 0 Å². The lowest BCUT2D eigenvalue weighted by molar-refractivity contribution is -0.154. The number of methoxy groups -OCH3 is 4. The Bertz CT molecular complexity index is 190. The highest BCUT2D eigenvalue weighted by Gasteiger charge is 2.32. The number of ether oxygens (including phenoxy) is 5. The second kappa shape index (κ2) is 9.66. The van der Waals surface area contributed by atoms with Crippen LogP contribution in [0.4, 0.5) is 0 Å². The maximum atomic E-state index is 5.82. The Morgan fingerprint density at radius 1 is 0.632 bits per heavy atom. The summed E-state index contributed by atoms with van der Waals surface area (Å²) in [6.45, 7) is 6.09. The second-order valence-electron chi connectivity index (χ2n) is 4.84. The molecule has 0 radical (unpaired) electrons. The molecule has 0 aromatic carbocycles. The minimum atomic E-state index is -0.394. The van der Waals surface area contributed by atoms with E-state index in [0.717, 1.165) is 12.8 Å². The molecule has 0 spiro atoms. The normalized spacial score (nSPS) is 18.0. The Morgan fingerprint density at radius 2 is 1.00 bits per heavy atom. The van der Waals surface area contributed by atoms with Crippen molar-refractivity contribution in [2.45, 2.75) is 37.9 Å². The summed E-state index contributed by atoms with van der Waals surface area (Å²) in [6.07, 6.45) is 1.65. The summed E-state index contributed by atoms with van der Waals surface area (Å²) in [5.41, 5.74) is -0.788. The van der Waals surface area contributed by atoms with Crippen molar-refractivity contribution in [1.82, 2.24) is 0 Å². The highest BCUT2D eigenvalue weighted by atomic mass is 16.6. The number of hydrogen-bond acceptors (Lipinski definition) is 5. The van der Waals surface area contributed by atoms with E-state index >= 15 is 0 Å². The van der Waals surface area contributed by atoms with Crippen LogP contribution < -0.4 is 0 Å². The van der Waals surface area contributed by atoms with Crippen molar-refractivity contribution >= 4 is 0 Å². The summed E-state index contributed by atoms with van der Waals surface area (Å²) in [5, 5.41) is 0. The molecule has 0 aliphatic carbocycles. The Morgan fingerprint density at radius 3 is 1.21 bits per heavy atom. The van der Waals surface area contributed by atoms with Crippen LogP contribution in [-0.2, 0) is 23.7 Å². The molecule has 0 saturated heterocycles. The molecule has 0 fully saturated rings. The Balaban J connectivity index is 4.43. The summed E-state index contributed by atoms with van der Waals surface area (Å²) in [7, 11) is 6.70. The van der Waals surface area contributed by atoms with E-state index in [-0.39, 0.29) is 0 Å². The van der Waals surface area contributed by atoms with E-state index in [0.29, 0.717) is 26.4 Å². The molecule has 0 aromatic heterocycles. The van der Waals surface area contributed by atoms with Gasteiger partial charge < -0.3 is 23.7 Å². The molecule has 19 heavy (non-hydrogen) atoms. The molecule has 2 atom stereocenters. The van der Waals surface area contributed by atoms with Crippen LogP contribution in [0.2, 0.25) is 0 Å². The lowest BCUT2D eigenvalue weighted by Gasteiger charge is -2.34. The van der Waals surface area contributed by atoms with Crippen molar-refractivity contribution in [2.75, 3.05) is 54.9 Å². The first-order valence-electron chi connectivity index (χ1n) is 6.73. The molecule has 116 valence electrons. The van der Waals surface area contributed by atoms with Crippen molar-refractivity contribution in [1.29, 1.82) is 0 Å². The SMILES string of the molecule is CCC(COC)(COCC(CC)(COC)OC)OC. The maximum absolute atomic E-state index is 5.82. The Labute approximate surface area is 117 Å². The van der Waals surface area contributed by atoms with Gasteiger partial charge in [0.25, 0.3) is 0 Å². The fourth-order valence-corrected chi connectivity index (χ4v) is 1.97. The first-order chi connectivity index (χ1) is 9.07. The summed E-state index contributed by atoms with van der Waals surface area (Å²) < 4.78 is 27.3. The molecule has 0 aromatic rings. The average Bonchev–Trinajstić information content (AvgIpc) is 2.45. The van der Waals surface area contributed by atoms with Crippen LogP contribution in [0.1, 0.15) is 26.7 Å². The summed E-state index contributed by atoms with van der Waals surface area (Å²) in [6, 6.07) is 0. The van der Waals surface area contributed by atoms with Gasteiger partial charge in [-0.05, 0) is 12.8 Å². The van der Waals surface area contributed by atoms with Gasteiger partial charge in [-0.1, -0.05) is 13.8 Å². The average molecular weight is 278 g/mol. The third kappa shape index (κ3) is 5.75. The molecule has 0 amide bonds. The van der Waals surface area contributed by atoms with Crippen molar-refractivity contribution in [3.63, 3.8) is 0 Å². The fourth-order valence-electron chi connectivity index (χ4n) is 1.97. The van der Waals surface area contributed by atoms with E-state index in [1.807, 2.05) is 0 Å². The minimum absolute atomic E-state index is 0.394. The maximum Gasteiger partial charge on any atom is 0.114 e. The summed E-state index contributed by atoms with van der Waals surface area (Å²) in [4.78, 5) is 0. The second-order valence-corrected chi connectivity index (χ2v) is 4.84. The first-order valence-corrected chi connectivity index (χ1v) is 6.73. The van der Waals surface area contributed by atoms with E-state index in [2.05, 4.69) is 13.8 Å². The van der Waals surface area contributed by atoms with Crippen LogP contribution in [-0.4, -0.2) is 66.1 Å². The van der Waals surface area contributed by atoms with Crippen LogP contribution >= 0.6 is 0 Å². The minimum Gasteiger partial charge on any atom is -0.382 e. The van der Waals surface area contributed by atoms with Crippen molar-refractivity contribution < 1.29 is 23.7 Å². The van der Waals surface area contributed by atoms with E-state index in [9.17, 15) is 0 Å². The molecule has 0 rings (SSSR count). The largest absolute Gasteiger partial charge is 0.382 e. The Kier molecular flexibility index (Phi) is 9.56. The quantitative estimate of drug-likeness (QED) is 0.545. The van der Waals surface area contributed by atoms with Crippen LogP contribution in [0.25, 0.3) is 0 Å². The van der Waals surface area contributed by atoms with Gasteiger partial charge in [0.1, 0.15) is 11.2 Å². The topological polar surface area (TPSA) is 46.2 Å². The number of hydrogen-bond donors (Lipinski definition) is 0. The van der Waals surface area contributed by atoms with Gasteiger partial charge in [-0.2, -0.15) is 0 Å². The lowest BCUT2D eigenvalue weighted by Crippen LogP contribution is -2.45. The number of rotatable bonds is 12. The molecule has 0 heterocycles. The standard InChI is InChI=1S/C14H30O5/c1-7-13(17-5,9-15-3)11-19-12-14(8-2,18-6)10-16-4/h7-12H2,1-6H3. The molecule has 5 heteroatoms. The van der Waals surface area contributed by atoms with Gasteiger partial charge in [0.2, 0.25) is 0 Å². The van der Waals surface area contributed by atoms with Gasteiger partial charge in [0.05, 0.1) is 26.4 Å². The van der Waals surface area contributed by atoms with Crippen LogP contribution in [0.3, 0.4) is 0 Å². The molecule has 2 unspecified atom stereocenters. The van der Waals surface area contributed by atoms with Crippen LogP contribution in [0, 0.1) is 0 Å². The van der Waals surface area contributed by atoms with Gasteiger partial charge in [-0.25, -0.2) is 0 Å². The van der Waals surface area contributed by atoms with Crippen LogP contribution in [0.15, 0.2) is 0 Å². The van der Waals surface area contributed by atoms with E-state index in [1.165, 1.54) is 0 Å². The van der Waals surface area contributed by atoms with Crippen molar-refractivity contribution in [2.24, 2.45) is 0 Å². The van der Waals surface area contributed by atoms with Crippen molar-refractivity contribution in [3.05, 3.63) is 0 Å². The van der Waals surface area contributed by atoms with Gasteiger partial charge >= 0.3 is 0 Å². The monoisotopic (exact) mass is 278 g/mol. The molecular formula is C14H30O5.